The maximum absolute atomic E-state index is 5.57. The van der Waals surface area contributed by atoms with E-state index in [1.165, 1.54) is 32.1 Å². The second-order valence-corrected chi connectivity index (χ2v) is 9.70. The summed E-state index contributed by atoms with van der Waals surface area (Å²) in [6, 6.07) is 10.6. The van der Waals surface area contributed by atoms with E-state index in [4.69, 9.17) is 26.9 Å². The molecule has 2 aliphatic rings. The van der Waals surface area contributed by atoms with Gasteiger partial charge in [0.25, 0.3) is 0 Å². The van der Waals surface area contributed by atoms with Crippen LogP contribution in [-0.4, -0.2) is 47.9 Å². The lowest BCUT2D eigenvalue weighted by atomic mass is 10.0. The van der Waals surface area contributed by atoms with Gasteiger partial charge in [0.2, 0.25) is 5.95 Å². The number of thiocarbonyl (C=S) groups is 1. The third kappa shape index (κ3) is 6.25. The van der Waals surface area contributed by atoms with Gasteiger partial charge in [0.1, 0.15) is 17.4 Å². The van der Waals surface area contributed by atoms with E-state index in [-0.39, 0.29) is 0 Å². The molecule has 2 atom stereocenters. The normalized spacial score (nSPS) is 20.9. The van der Waals surface area contributed by atoms with E-state index in [1.54, 1.807) is 7.11 Å². The highest BCUT2D eigenvalue weighted by atomic mass is 32.1. The fourth-order valence-corrected chi connectivity index (χ4v) is 4.86. The van der Waals surface area contributed by atoms with Crippen LogP contribution in [0.5, 0.6) is 5.75 Å². The van der Waals surface area contributed by atoms with Gasteiger partial charge in [0.05, 0.1) is 7.11 Å². The van der Waals surface area contributed by atoms with Crippen LogP contribution < -0.4 is 25.2 Å². The monoisotopic (exact) mass is 468 g/mol. The largest absolute Gasteiger partial charge is 0.497 e. The van der Waals surface area contributed by atoms with Crippen LogP contribution in [0.3, 0.4) is 0 Å². The Morgan fingerprint density at radius 2 is 1.85 bits per heavy atom. The molecule has 2 fully saturated rings. The number of hydrogen-bond acceptors (Lipinski definition) is 6. The minimum Gasteiger partial charge on any atom is -0.497 e. The van der Waals surface area contributed by atoms with E-state index in [2.05, 4.69) is 40.3 Å². The standard InChI is InChI=1S/C25H36N6OS/c1-18-7-6-13-30(17-18)22-15-23(31-14-5-4-8-19(31)2)28-24(27-22)29-25(33)26-16-20-9-11-21(32-3)12-10-20/h9-12,15,18-19H,4-8,13-14,16-17H2,1-3H3,(H2,26,27,28,29,33)/t18-,19+/m0/s1. The second-order valence-electron chi connectivity index (χ2n) is 9.30. The van der Waals surface area contributed by atoms with Crippen molar-refractivity contribution in [3.63, 3.8) is 0 Å². The zero-order chi connectivity index (χ0) is 23.2. The topological polar surface area (TPSA) is 65.6 Å². The van der Waals surface area contributed by atoms with Gasteiger partial charge in [0, 0.05) is 38.3 Å². The number of methoxy groups -OCH3 is 1. The maximum atomic E-state index is 5.57. The Hall–Kier alpha value is -2.61. The van der Waals surface area contributed by atoms with Crippen LogP contribution in [0.15, 0.2) is 30.3 Å². The summed E-state index contributed by atoms with van der Waals surface area (Å²) in [5, 5.41) is 7.03. The average Bonchev–Trinajstić information content (AvgIpc) is 2.83. The molecule has 2 aliphatic heterocycles. The molecule has 2 N–H and O–H groups in total. The van der Waals surface area contributed by atoms with Gasteiger partial charge >= 0.3 is 0 Å². The van der Waals surface area contributed by atoms with Gasteiger partial charge in [-0.25, -0.2) is 0 Å². The molecule has 2 aromatic rings. The molecule has 0 radical (unpaired) electrons. The number of rotatable bonds is 6. The molecule has 0 aliphatic carbocycles. The van der Waals surface area contributed by atoms with Crippen molar-refractivity contribution < 1.29 is 4.74 Å². The summed E-state index contributed by atoms with van der Waals surface area (Å²) in [7, 11) is 1.67. The van der Waals surface area contributed by atoms with Crippen molar-refractivity contribution >= 4 is 34.9 Å². The fraction of sp³-hybridized carbons (Fsp3) is 0.560. The van der Waals surface area contributed by atoms with Gasteiger partial charge in [-0.2, -0.15) is 9.97 Å². The molecule has 7 nitrogen and oxygen atoms in total. The molecular formula is C25H36N6OS. The van der Waals surface area contributed by atoms with Crippen LogP contribution in [0.4, 0.5) is 17.6 Å². The number of ether oxygens (including phenoxy) is 1. The number of hydrogen-bond donors (Lipinski definition) is 2. The van der Waals surface area contributed by atoms with Crippen molar-refractivity contribution in [1.82, 2.24) is 15.3 Å². The molecular weight excluding hydrogens is 432 g/mol. The third-order valence-electron chi connectivity index (χ3n) is 6.61. The summed E-state index contributed by atoms with van der Waals surface area (Å²) in [6.07, 6.45) is 6.16. The van der Waals surface area contributed by atoms with E-state index < -0.39 is 0 Å². The van der Waals surface area contributed by atoms with Gasteiger partial charge in [0.15, 0.2) is 5.11 Å². The SMILES string of the molecule is COc1ccc(CNC(=S)Nc2nc(N3CCC[C@H](C)C3)cc(N3CCCC[C@H]3C)n2)cc1. The van der Waals surface area contributed by atoms with Crippen LogP contribution in [-0.2, 0) is 6.54 Å². The van der Waals surface area contributed by atoms with Crippen LogP contribution in [0.1, 0.15) is 51.5 Å². The van der Waals surface area contributed by atoms with Crippen molar-refractivity contribution in [1.29, 1.82) is 0 Å². The number of aromatic nitrogens is 2. The quantitative estimate of drug-likeness (QED) is 0.597. The molecule has 8 heteroatoms. The van der Waals surface area contributed by atoms with E-state index >= 15 is 0 Å². The Morgan fingerprint density at radius 1 is 1.06 bits per heavy atom. The summed E-state index contributed by atoms with van der Waals surface area (Å²) in [5.74, 6) is 4.06. The Labute approximate surface area is 202 Å². The molecule has 2 saturated heterocycles. The van der Waals surface area contributed by atoms with E-state index in [0.29, 0.717) is 29.6 Å². The molecule has 178 valence electrons. The van der Waals surface area contributed by atoms with E-state index in [1.807, 2.05) is 24.3 Å². The molecule has 0 unspecified atom stereocenters. The number of piperidine rings is 2. The first kappa shape index (κ1) is 23.5. The number of benzene rings is 1. The lowest BCUT2D eigenvalue weighted by molar-refractivity contribution is 0.414. The van der Waals surface area contributed by atoms with E-state index in [9.17, 15) is 0 Å². The van der Waals surface area contributed by atoms with Crippen molar-refractivity contribution in [2.75, 3.05) is 41.9 Å². The summed E-state index contributed by atoms with van der Waals surface area (Å²) < 4.78 is 5.23. The highest BCUT2D eigenvalue weighted by Gasteiger charge is 2.24. The van der Waals surface area contributed by atoms with Gasteiger partial charge < -0.3 is 25.2 Å². The first-order chi connectivity index (χ1) is 16.0. The molecule has 33 heavy (non-hydrogen) atoms. The van der Waals surface area contributed by atoms with Crippen LogP contribution in [0.25, 0.3) is 0 Å². The Balaban J connectivity index is 1.49. The van der Waals surface area contributed by atoms with Crippen molar-refractivity contribution in [3.8, 4) is 5.75 Å². The summed E-state index contributed by atoms with van der Waals surface area (Å²) >= 11 is 5.57. The number of nitrogens with zero attached hydrogens (tertiary/aromatic N) is 4. The predicted molar refractivity (Wildman–Crippen MR) is 139 cm³/mol. The molecule has 4 rings (SSSR count). The van der Waals surface area contributed by atoms with Gasteiger partial charge in [-0.1, -0.05) is 19.1 Å². The Kier molecular flexibility index (Phi) is 7.85. The molecule has 3 heterocycles. The van der Waals surface area contributed by atoms with Crippen LogP contribution >= 0.6 is 12.2 Å². The van der Waals surface area contributed by atoms with Crippen LogP contribution in [0, 0.1) is 5.92 Å². The first-order valence-electron chi connectivity index (χ1n) is 12.1. The lowest BCUT2D eigenvalue weighted by Gasteiger charge is -2.36. The third-order valence-corrected chi connectivity index (χ3v) is 6.86. The predicted octanol–water partition coefficient (Wildman–Crippen LogP) is 4.59. The number of anilines is 3. The summed E-state index contributed by atoms with van der Waals surface area (Å²) in [5.41, 5.74) is 1.12. The minimum absolute atomic E-state index is 0.481. The fourth-order valence-electron chi connectivity index (χ4n) is 4.69. The minimum atomic E-state index is 0.481. The summed E-state index contributed by atoms with van der Waals surface area (Å²) in [6.45, 7) is 8.33. The Bertz CT molecular complexity index is 937. The van der Waals surface area contributed by atoms with Crippen LogP contribution in [0.2, 0.25) is 0 Å². The zero-order valence-corrected chi connectivity index (χ0v) is 20.8. The highest BCUT2D eigenvalue weighted by molar-refractivity contribution is 7.80. The van der Waals surface area contributed by atoms with Gasteiger partial charge in [-0.3, -0.25) is 0 Å². The second kappa shape index (κ2) is 11.0. The molecule has 0 amide bonds. The molecule has 1 aromatic carbocycles. The Morgan fingerprint density at radius 3 is 2.58 bits per heavy atom. The molecule has 0 spiro atoms. The van der Waals surface area contributed by atoms with Gasteiger partial charge in [-0.05, 0) is 74.9 Å². The highest BCUT2D eigenvalue weighted by Crippen LogP contribution is 2.29. The van der Waals surface area contributed by atoms with Crippen molar-refractivity contribution in [2.24, 2.45) is 5.92 Å². The smallest absolute Gasteiger partial charge is 0.232 e. The van der Waals surface area contributed by atoms with Gasteiger partial charge in [-0.15, -0.1) is 0 Å². The average molecular weight is 469 g/mol. The maximum Gasteiger partial charge on any atom is 0.232 e. The van der Waals surface area contributed by atoms with Crippen molar-refractivity contribution in [2.45, 2.75) is 58.5 Å². The zero-order valence-electron chi connectivity index (χ0n) is 20.0. The lowest BCUT2D eigenvalue weighted by Crippen LogP contribution is -2.39. The molecule has 0 saturated carbocycles. The number of nitrogens with one attached hydrogen (secondary N) is 2. The van der Waals surface area contributed by atoms with Crippen molar-refractivity contribution in [3.05, 3.63) is 35.9 Å². The van der Waals surface area contributed by atoms with E-state index in [0.717, 1.165) is 42.6 Å². The first-order valence-corrected chi connectivity index (χ1v) is 12.5. The molecule has 1 aromatic heterocycles. The molecule has 0 bridgehead atoms. The summed E-state index contributed by atoms with van der Waals surface area (Å²) in [4.78, 5) is 14.5.